The fourth-order valence-electron chi connectivity index (χ4n) is 2.36. The molecule has 0 aliphatic rings. The molecular weight excluding hydrogens is 366 g/mol. The number of rotatable bonds is 17. The third-order valence-electron chi connectivity index (χ3n) is 3.99. The van der Waals surface area contributed by atoms with E-state index in [0.29, 0.717) is 38.8 Å². The second-order valence-corrected chi connectivity index (χ2v) is 6.42. The standard InChI is InChI=1S/C17H33N7O4/c1-13(25)15(7-2-4-8-18)23-17(27)14(19)6-3-5-9-21-16(26)12-28-11-10-22-24-20/h14-15H,2-12,18-19H2,1H3,(H,21,26)(H,23,27). The maximum Gasteiger partial charge on any atom is 0.245 e. The minimum absolute atomic E-state index is 0.0954. The molecule has 11 heteroatoms. The fraction of sp³-hybridized carbons (Fsp3) is 0.824. The van der Waals surface area contributed by atoms with Crippen molar-refractivity contribution in [2.75, 3.05) is 32.8 Å². The highest BCUT2D eigenvalue weighted by molar-refractivity contribution is 5.89. The number of hydrogen-bond acceptors (Lipinski definition) is 7. The van der Waals surface area contributed by atoms with E-state index in [4.69, 9.17) is 21.7 Å². The molecule has 2 atom stereocenters. The first-order chi connectivity index (χ1) is 13.4. The molecule has 0 aromatic rings. The van der Waals surface area contributed by atoms with Gasteiger partial charge < -0.3 is 26.8 Å². The number of hydrogen-bond donors (Lipinski definition) is 4. The minimum Gasteiger partial charge on any atom is -0.372 e. The van der Waals surface area contributed by atoms with Crippen LogP contribution in [0, 0.1) is 0 Å². The van der Waals surface area contributed by atoms with Crippen LogP contribution in [0.1, 0.15) is 45.4 Å². The van der Waals surface area contributed by atoms with Gasteiger partial charge in [0.25, 0.3) is 0 Å². The monoisotopic (exact) mass is 399 g/mol. The number of Topliss-reactive ketones (excluding diaryl/α,β-unsaturated/α-hetero) is 1. The largest absolute Gasteiger partial charge is 0.372 e. The maximum absolute atomic E-state index is 12.1. The lowest BCUT2D eigenvalue weighted by Gasteiger charge is -2.19. The molecule has 160 valence electrons. The number of ether oxygens (including phenoxy) is 1. The summed E-state index contributed by atoms with van der Waals surface area (Å²) in [5, 5.41) is 8.68. The molecule has 2 unspecified atom stereocenters. The average Bonchev–Trinajstić information content (AvgIpc) is 2.66. The zero-order valence-corrected chi connectivity index (χ0v) is 16.6. The van der Waals surface area contributed by atoms with Crippen LogP contribution < -0.4 is 22.1 Å². The van der Waals surface area contributed by atoms with E-state index in [0.717, 1.165) is 12.8 Å². The van der Waals surface area contributed by atoms with Gasteiger partial charge in [0.05, 0.1) is 18.7 Å². The Morgan fingerprint density at radius 2 is 1.89 bits per heavy atom. The second-order valence-electron chi connectivity index (χ2n) is 6.42. The van der Waals surface area contributed by atoms with Gasteiger partial charge in [-0.3, -0.25) is 14.4 Å². The SMILES string of the molecule is CC(=O)C(CCCCN)NC(=O)C(N)CCCCNC(=O)COCCN=[N+]=[N-]. The molecule has 0 heterocycles. The quantitative estimate of drug-likeness (QED) is 0.116. The summed E-state index contributed by atoms with van der Waals surface area (Å²) in [4.78, 5) is 37.8. The lowest BCUT2D eigenvalue weighted by atomic mass is 10.0. The normalized spacial score (nSPS) is 12.5. The van der Waals surface area contributed by atoms with Crippen LogP contribution in [0.15, 0.2) is 5.11 Å². The molecule has 0 radical (unpaired) electrons. The summed E-state index contributed by atoms with van der Waals surface area (Å²) in [6.07, 6.45) is 3.91. The third kappa shape index (κ3) is 13.9. The van der Waals surface area contributed by atoms with Crippen molar-refractivity contribution < 1.29 is 19.1 Å². The van der Waals surface area contributed by atoms with Crippen molar-refractivity contribution in [3.8, 4) is 0 Å². The predicted molar refractivity (Wildman–Crippen MR) is 105 cm³/mol. The summed E-state index contributed by atoms with van der Waals surface area (Å²) in [5.74, 6) is -0.697. The summed E-state index contributed by atoms with van der Waals surface area (Å²) in [7, 11) is 0. The zero-order valence-electron chi connectivity index (χ0n) is 16.6. The van der Waals surface area contributed by atoms with Gasteiger partial charge in [-0.1, -0.05) is 5.11 Å². The number of ketones is 1. The van der Waals surface area contributed by atoms with E-state index in [1.54, 1.807) is 0 Å². The maximum atomic E-state index is 12.1. The molecule has 0 spiro atoms. The van der Waals surface area contributed by atoms with E-state index in [9.17, 15) is 14.4 Å². The molecule has 0 bridgehead atoms. The number of nitrogens with zero attached hydrogens (tertiary/aromatic N) is 3. The minimum atomic E-state index is -0.698. The van der Waals surface area contributed by atoms with Gasteiger partial charge in [0.2, 0.25) is 11.8 Å². The number of carbonyl (C=O) groups is 3. The van der Waals surface area contributed by atoms with Gasteiger partial charge in [-0.05, 0) is 57.5 Å². The Morgan fingerprint density at radius 3 is 2.54 bits per heavy atom. The Morgan fingerprint density at radius 1 is 1.18 bits per heavy atom. The molecule has 11 nitrogen and oxygen atoms in total. The van der Waals surface area contributed by atoms with Gasteiger partial charge in [-0.25, -0.2) is 0 Å². The Bertz CT molecular complexity index is 524. The zero-order chi connectivity index (χ0) is 21.2. The summed E-state index contributed by atoms with van der Waals surface area (Å²) in [6.45, 7) is 2.72. The van der Waals surface area contributed by atoms with E-state index in [2.05, 4.69) is 20.7 Å². The molecule has 0 aromatic carbocycles. The number of nitrogens with one attached hydrogen (secondary N) is 2. The molecule has 0 rings (SSSR count). The van der Waals surface area contributed by atoms with Gasteiger partial charge in [0, 0.05) is 18.0 Å². The van der Waals surface area contributed by atoms with Crippen molar-refractivity contribution in [1.82, 2.24) is 10.6 Å². The van der Waals surface area contributed by atoms with E-state index in [1.807, 2.05) is 0 Å². The fourth-order valence-corrected chi connectivity index (χ4v) is 2.36. The number of carbonyl (C=O) groups excluding carboxylic acids is 3. The summed E-state index contributed by atoms with van der Waals surface area (Å²) < 4.78 is 5.03. The third-order valence-corrected chi connectivity index (χ3v) is 3.99. The molecule has 28 heavy (non-hydrogen) atoms. The first-order valence-electron chi connectivity index (χ1n) is 9.54. The molecule has 0 aliphatic carbocycles. The highest BCUT2D eigenvalue weighted by atomic mass is 16.5. The number of unbranched alkanes of at least 4 members (excludes halogenated alkanes) is 2. The van der Waals surface area contributed by atoms with Crippen LogP contribution in [-0.4, -0.2) is 62.5 Å². The summed E-state index contributed by atoms with van der Waals surface area (Å²) in [5.41, 5.74) is 19.4. The number of nitrogens with two attached hydrogens (primary N) is 2. The highest BCUT2D eigenvalue weighted by Crippen LogP contribution is 2.04. The van der Waals surface area contributed by atoms with Gasteiger partial charge in [-0.15, -0.1) is 0 Å². The van der Waals surface area contributed by atoms with Crippen LogP contribution >= 0.6 is 0 Å². The highest BCUT2D eigenvalue weighted by Gasteiger charge is 2.20. The Labute approximate surface area is 165 Å². The summed E-state index contributed by atoms with van der Waals surface area (Å²) >= 11 is 0. The molecule has 6 N–H and O–H groups in total. The van der Waals surface area contributed by atoms with Gasteiger partial charge >= 0.3 is 0 Å². The average molecular weight is 399 g/mol. The molecule has 0 fully saturated rings. The Hall–Kier alpha value is -2.20. The lowest BCUT2D eigenvalue weighted by molar-refractivity contribution is -0.128. The van der Waals surface area contributed by atoms with Crippen LogP contribution in [0.4, 0.5) is 0 Å². The van der Waals surface area contributed by atoms with Crippen molar-refractivity contribution in [1.29, 1.82) is 0 Å². The van der Waals surface area contributed by atoms with E-state index in [1.165, 1.54) is 6.92 Å². The van der Waals surface area contributed by atoms with Crippen molar-refractivity contribution in [3.63, 3.8) is 0 Å². The molecule has 0 aromatic heterocycles. The topological polar surface area (TPSA) is 185 Å². The van der Waals surface area contributed by atoms with E-state index in [-0.39, 0.29) is 37.4 Å². The molecular formula is C17H33N7O4. The van der Waals surface area contributed by atoms with Crippen molar-refractivity contribution >= 4 is 17.6 Å². The van der Waals surface area contributed by atoms with Crippen molar-refractivity contribution in [2.45, 2.75) is 57.5 Å². The molecule has 0 saturated heterocycles. The van der Waals surface area contributed by atoms with E-state index < -0.39 is 12.1 Å². The number of amides is 2. The van der Waals surface area contributed by atoms with Crippen LogP contribution in [0.2, 0.25) is 0 Å². The predicted octanol–water partition coefficient (Wildman–Crippen LogP) is 0.130. The summed E-state index contributed by atoms with van der Waals surface area (Å²) in [6, 6.07) is -1.22. The number of azide groups is 1. The lowest BCUT2D eigenvalue weighted by Crippen LogP contribution is -2.47. The smallest absolute Gasteiger partial charge is 0.245 e. The van der Waals surface area contributed by atoms with Gasteiger partial charge in [0.1, 0.15) is 6.61 Å². The second kappa shape index (κ2) is 16.9. The van der Waals surface area contributed by atoms with Crippen LogP contribution in [0.3, 0.4) is 0 Å². The first kappa shape index (κ1) is 25.8. The Kier molecular flexibility index (Phi) is 15.6. The molecule has 2 amide bonds. The van der Waals surface area contributed by atoms with Crippen molar-refractivity contribution in [2.24, 2.45) is 16.6 Å². The van der Waals surface area contributed by atoms with Gasteiger partial charge in [0.15, 0.2) is 5.78 Å². The van der Waals surface area contributed by atoms with E-state index >= 15 is 0 Å². The van der Waals surface area contributed by atoms with Crippen LogP contribution in [-0.2, 0) is 19.1 Å². The Balaban J connectivity index is 3.90. The first-order valence-corrected chi connectivity index (χ1v) is 9.54. The van der Waals surface area contributed by atoms with Crippen LogP contribution in [0.25, 0.3) is 10.4 Å². The van der Waals surface area contributed by atoms with Crippen LogP contribution in [0.5, 0.6) is 0 Å². The van der Waals surface area contributed by atoms with Crippen molar-refractivity contribution in [3.05, 3.63) is 10.4 Å². The molecule has 0 saturated carbocycles. The van der Waals surface area contributed by atoms with Gasteiger partial charge in [-0.2, -0.15) is 0 Å². The molecule has 0 aliphatic heterocycles.